The molecule has 1 aliphatic carbocycles. The van der Waals surface area contributed by atoms with Crippen LogP contribution in [0.25, 0.3) is 0 Å². The molecule has 34 heavy (non-hydrogen) atoms. The molecule has 10 heteroatoms. The van der Waals surface area contributed by atoms with E-state index < -0.39 is 35.3 Å². The van der Waals surface area contributed by atoms with Crippen molar-refractivity contribution < 1.29 is 37.3 Å². The Bertz CT molecular complexity index is 846. The molecule has 7 nitrogen and oxygen atoms in total. The fourth-order valence-corrected chi connectivity index (χ4v) is 4.16. The number of nitrogens with one attached hydrogen (secondary N) is 2. The molecular weight excluding hydrogens is 453 g/mol. The lowest BCUT2D eigenvalue weighted by Gasteiger charge is -2.35. The smallest absolute Gasteiger partial charge is 0.418 e. The van der Waals surface area contributed by atoms with E-state index in [1.807, 2.05) is 6.92 Å². The number of benzene rings is 1. The van der Waals surface area contributed by atoms with E-state index in [0.717, 1.165) is 25.0 Å². The van der Waals surface area contributed by atoms with E-state index in [9.17, 15) is 27.9 Å². The minimum Gasteiger partial charge on any atom is -0.465 e. The summed E-state index contributed by atoms with van der Waals surface area (Å²) in [7, 11) is 1.17. The highest BCUT2D eigenvalue weighted by molar-refractivity contribution is 5.90. The largest absolute Gasteiger partial charge is 0.465 e. The van der Waals surface area contributed by atoms with E-state index in [1.54, 1.807) is 20.8 Å². The number of carbonyl (C=O) groups excluding carboxylic acids is 2. The predicted octanol–water partition coefficient (Wildman–Crippen LogP) is 4.14. The fraction of sp³-hybridized carbons (Fsp3) is 0.667. The van der Waals surface area contributed by atoms with Crippen molar-refractivity contribution >= 4 is 17.6 Å². The van der Waals surface area contributed by atoms with E-state index in [2.05, 4.69) is 15.4 Å². The third kappa shape index (κ3) is 7.87. The van der Waals surface area contributed by atoms with E-state index >= 15 is 0 Å². The van der Waals surface area contributed by atoms with Gasteiger partial charge in [0.25, 0.3) is 0 Å². The molecule has 0 aromatic heterocycles. The first-order valence-corrected chi connectivity index (χ1v) is 11.4. The number of aliphatic hydroxyl groups excluding tert-OH is 1. The predicted molar refractivity (Wildman–Crippen MR) is 121 cm³/mol. The number of hydrogen-bond donors (Lipinski definition) is 3. The molecule has 1 aromatic rings. The van der Waals surface area contributed by atoms with Crippen LogP contribution in [0.4, 0.5) is 18.9 Å². The average Bonchev–Trinajstić information content (AvgIpc) is 2.75. The van der Waals surface area contributed by atoms with Crippen molar-refractivity contribution in [1.82, 2.24) is 5.32 Å². The second-order valence-corrected chi connectivity index (χ2v) is 9.73. The molecule has 0 spiro atoms. The van der Waals surface area contributed by atoms with Gasteiger partial charge in [-0.1, -0.05) is 0 Å². The van der Waals surface area contributed by atoms with Gasteiger partial charge in [-0.2, -0.15) is 13.2 Å². The number of esters is 2. The highest BCUT2D eigenvalue weighted by atomic mass is 19.4. The molecule has 3 N–H and O–H groups in total. The highest BCUT2D eigenvalue weighted by Crippen LogP contribution is 2.37. The molecule has 1 aliphatic rings. The Morgan fingerprint density at radius 2 is 1.76 bits per heavy atom. The number of ether oxygens (including phenoxy) is 2. The summed E-state index contributed by atoms with van der Waals surface area (Å²) >= 11 is 0. The number of anilines is 1. The number of aliphatic hydroxyl groups is 1. The molecule has 0 saturated heterocycles. The third-order valence-corrected chi connectivity index (χ3v) is 5.92. The number of alkyl halides is 3. The number of hydrogen-bond acceptors (Lipinski definition) is 7. The summed E-state index contributed by atoms with van der Waals surface area (Å²) in [5.74, 6) is -1.13. The van der Waals surface area contributed by atoms with Gasteiger partial charge < -0.3 is 19.9 Å². The Morgan fingerprint density at radius 1 is 1.15 bits per heavy atom. The first-order chi connectivity index (χ1) is 15.7. The first kappa shape index (κ1) is 27.9. The molecule has 0 amide bonds. The summed E-state index contributed by atoms with van der Waals surface area (Å²) in [6.45, 7) is 6.70. The van der Waals surface area contributed by atoms with Gasteiger partial charge in [-0.05, 0) is 77.5 Å². The standard InChI is InChI=1S/C24H35F3N2O5/c1-14(28-19-12-16(21(31)33-5)8-11-18(19)24(25,26)27)15-6-9-17(10-7-15)29-20(13-30)22(32)34-23(2,3)4/h8,11-12,14-15,17,20,28-30H,6-7,9-10,13H2,1-5H3/t14-,15?,17?,20-/m0/s1. The Labute approximate surface area is 198 Å². The van der Waals surface area contributed by atoms with E-state index in [-0.39, 0.29) is 35.9 Å². The van der Waals surface area contributed by atoms with Crippen molar-refractivity contribution in [2.45, 2.75) is 83.3 Å². The van der Waals surface area contributed by atoms with Gasteiger partial charge in [0.05, 0.1) is 24.8 Å². The van der Waals surface area contributed by atoms with Gasteiger partial charge in [-0.15, -0.1) is 0 Å². The van der Waals surface area contributed by atoms with Crippen molar-refractivity contribution in [3.05, 3.63) is 29.3 Å². The zero-order valence-electron chi connectivity index (χ0n) is 20.3. The molecule has 0 bridgehead atoms. The maximum atomic E-state index is 13.5. The normalized spacial score (nSPS) is 20.9. The minimum atomic E-state index is -4.57. The summed E-state index contributed by atoms with van der Waals surface area (Å²) < 4.78 is 50.5. The van der Waals surface area contributed by atoms with Gasteiger partial charge in [-0.3, -0.25) is 10.1 Å². The zero-order valence-corrected chi connectivity index (χ0v) is 20.3. The molecular formula is C24H35F3N2O5. The molecule has 2 rings (SSSR count). The molecule has 0 unspecified atom stereocenters. The second kappa shape index (κ2) is 11.4. The molecule has 1 aromatic carbocycles. The van der Waals surface area contributed by atoms with Crippen LogP contribution in [0, 0.1) is 5.92 Å². The average molecular weight is 489 g/mol. The quantitative estimate of drug-likeness (QED) is 0.473. The van der Waals surface area contributed by atoms with Gasteiger partial charge in [0.2, 0.25) is 0 Å². The van der Waals surface area contributed by atoms with Crippen molar-refractivity contribution in [3.63, 3.8) is 0 Å². The molecule has 2 atom stereocenters. The maximum Gasteiger partial charge on any atom is 0.418 e. The third-order valence-electron chi connectivity index (χ3n) is 5.92. The Morgan fingerprint density at radius 3 is 2.26 bits per heavy atom. The van der Waals surface area contributed by atoms with Gasteiger partial charge in [0, 0.05) is 17.8 Å². The summed E-state index contributed by atoms with van der Waals surface area (Å²) in [6.07, 6.45) is -1.74. The van der Waals surface area contributed by atoms with Crippen molar-refractivity contribution in [2.24, 2.45) is 5.92 Å². The van der Waals surface area contributed by atoms with E-state index in [1.165, 1.54) is 13.2 Å². The lowest BCUT2D eigenvalue weighted by Crippen LogP contribution is -2.49. The van der Waals surface area contributed by atoms with Crippen LogP contribution in [-0.4, -0.2) is 54.5 Å². The number of carbonyl (C=O) groups is 2. The Balaban J connectivity index is 2.01. The van der Waals surface area contributed by atoms with Gasteiger partial charge >= 0.3 is 18.1 Å². The van der Waals surface area contributed by atoms with Crippen LogP contribution >= 0.6 is 0 Å². The zero-order chi connectivity index (χ0) is 25.7. The minimum absolute atomic E-state index is 0.0125. The van der Waals surface area contributed by atoms with Crippen LogP contribution in [0.5, 0.6) is 0 Å². The molecule has 0 aliphatic heterocycles. The summed E-state index contributed by atoms with van der Waals surface area (Å²) in [6, 6.07) is 2.03. The number of rotatable bonds is 8. The molecule has 1 fully saturated rings. The van der Waals surface area contributed by atoms with Crippen LogP contribution < -0.4 is 10.6 Å². The van der Waals surface area contributed by atoms with Crippen LogP contribution in [0.1, 0.15) is 69.3 Å². The topological polar surface area (TPSA) is 96.9 Å². The lowest BCUT2D eigenvalue weighted by molar-refractivity contribution is -0.159. The highest BCUT2D eigenvalue weighted by Gasteiger charge is 2.35. The summed E-state index contributed by atoms with van der Waals surface area (Å²) in [5.41, 5.74) is -1.63. The van der Waals surface area contributed by atoms with Gasteiger partial charge in [0.15, 0.2) is 0 Å². The van der Waals surface area contributed by atoms with Gasteiger partial charge in [0.1, 0.15) is 11.6 Å². The van der Waals surface area contributed by atoms with Crippen LogP contribution in [-0.2, 0) is 20.4 Å². The molecule has 1 saturated carbocycles. The van der Waals surface area contributed by atoms with Crippen molar-refractivity contribution in [1.29, 1.82) is 0 Å². The van der Waals surface area contributed by atoms with Crippen LogP contribution in [0.15, 0.2) is 18.2 Å². The van der Waals surface area contributed by atoms with E-state index in [4.69, 9.17) is 4.74 Å². The number of halogens is 3. The summed E-state index contributed by atoms with van der Waals surface area (Å²) in [5, 5.41) is 15.7. The number of methoxy groups -OCH3 is 1. The van der Waals surface area contributed by atoms with Crippen molar-refractivity contribution in [3.8, 4) is 0 Å². The van der Waals surface area contributed by atoms with Crippen molar-refractivity contribution in [2.75, 3.05) is 19.0 Å². The Hall–Kier alpha value is -2.33. The van der Waals surface area contributed by atoms with Crippen LogP contribution in [0.3, 0.4) is 0 Å². The monoisotopic (exact) mass is 488 g/mol. The first-order valence-electron chi connectivity index (χ1n) is 11.4. The Kier molecular flexibility index (Phi) is 9.36. The lowest BCUT2D eigenvalue weighted by atomic mass is 9.81. The maximum absolute atomic E-state index is 13.5. The van der Waals surface area contributed by atoms with E-state index in [0.29, 0.717) is 12.8 Å². The summed E-state index contributed by atoms with van der Waals surface area (Å²) in [4.78, 5) is 24.1. The SMILES string of the molecule is COC(=O)c1ccc(C(F)(F)F)c(N[C@@H](C)C2CCC(N[C@@H](CO)C(=O)OC(C)(C)C)CC2)c1. The molecule has 0 heterocycles. The second-order valence-electron chi connectivity index (χ2n) is 9.73. The fourth-order valence-electron chi connectivity index (χ4n) is 4.16. The molecule has 192 valence electrons. The van der Waals surface area contributed by atoms with Gasteiger partial charge in [-0.25, -0.2) is 4.79 Å². The molecule has 0 radical (unpaired) electrons. The van der Waals surface area contributed by atoms with Crippen LogP contribution in [0.2, 0.25) is 0 Å².